The number of carbonyl (C=O) groups excluding carboxylic acids is 5. The topological polar surface area (TPSA) is 97.8 Å². The molecule has 1 heterocycles. The van der Waals surface area contributed by atoms with Crippen molar-refractivity contribution in [1.82, 2.24) is 5.06 Å². The molecule has 1 aromatic carbocycles. The number of hydrogen-bond acceptors (Lipinski definition) is 6. The predicted molar refractivity (Wildman–Crippen MR) is 75.4 cm³/mol. The minimum absolute atomic E-state index is 0.00659. The largest absolute Gasteiger partial charge is 0.363 e. The van der Waals surface area contributed by atoms with Crippen molar-refractivity contribution >= 4 is 29.4 Å². The Kier molecular flexibility index (Phi) is 3.40. The van der Waals surface area contributed by atoms with Crippen LogP contribution in [-0.2, 0) is 14.4 Å². The number of fused-ring (bicyclic) bond motifs is 1. The highest BCUT2D eigenvalue weighted by molar-refractivity contribution is 6.24. The molecule has 0 radical (unpaired) electrons. The van der Waals surface area contributed by atoms with Crippen molar-refractivity contribution in [3.63, 3.8) is 0 Å². The molecule has 0 atom stereocenters. The molecule has 2 aliphatic rings. The molecular formula is C16H11NO6. The monoisotopic (exact) mass is 313 g/mol. The van der Waals surface area contributed by atoms with E-state index in [1.54, 1.807) is 0 Å². The summed E-state index contributed by atoms with van der Waals surface area (Å²) in [5.74, 6) is -2.80. The molecule has 116 valence electrons. The SMILES string of the molecule is CC1=CC(=O)c2cc(C(=O)ON3C(=O)CCC3=O)ccc2C1=O. The number of Topliss-reactive ketones (excluding diaryl/α,β-unsaturated/α-hetero) is 1. The highest BCUT2D eigenvalue weighted by Crippen LogP contribution is 2.23. The minimum Gasteiger partial charge on any atom is -0.325 e. The van der Waals surface area contributed by atoms with Gasteiger partial charge in [0.25, 0.3) is 11.8 Å². The normalized spacial score (nSPS) is 17.3. The average Bonchev–Trinajstić information content (AvgIpc) is 2.84. The van der Waals surface area contributed by atoms with Crippen LogP contribution in [-0.4, -0.2) is 34.4 Å². The Labute approximate surface area is 130 Å². The molecule has 0 unspecified atom stereocenters. The summed E-state index contributed by atoms with van der Waals surface area (Å²) < 4.78 is 0. The van der Waals surface area contributed by atoms with E-state index in [1.807, 2.05) is 0 Å². The van der Waals surface area contributed by atoms with E-state index in [-0.39, 0.29) is 41.1 Å². The maximum atomic E-state index is 12.1. The number of hydrogen-bond donors (Lipinski definition) is 0. The van der Waals surface area contributed by atoms with Crippen LogP contribution in [0.25, 0.3) is 0 Å². The van der Waals surface area contributed by atoms with E-state index >= 15 is 0 Å². The number of ketones is 2. The number of amides is 2. The van der Waals surface area contributed by atoms with Gasteiger partial charge in [0, 0.05) is 29.5 Å². The van der Waals surface area contributed by atoms with Crippen LogP contribution in [0.5, 0.6) is 0 Å². The zero-order valence-corrected chi connectivity index (χ0v) is 12.1. The van der Waals surface area contributed by atoms with Gasteiger partial charge in [0.05, 0.1) is 5.56 Å². The third kappa shape index (κ3) is 2.46. The van der Waals surface area contributed by atoms with E-state index in [2.05, 4.69) is 0 Å². The van der Waals surface area contributed by atoms with Gasteiger partial charge in [0.15, 0.2) is 11.6 Å². The second-order valence-electron chi connectivity index (χ2n) is 5.24. The Balaban J connectivity index is 1.89. The van der Waals surface area contributed by atoms with Crippen LogP contribution in [0.3, 0.4) is 0 Å². The molecular weight excluding hydrogens is 302 g/mol. The summed E-state index contributed by atoms with van der Waals surface area (Å²) in [6, 6.07) is 3.90. The Hall–Kier alpha value is -3.09. The van der Waals surface area contributed by atoms with E-state index in [4.69, 9.17) is 4.84 Å². The van der Waals surface area contributed by atoms with Gasteiger partial charge in [-0.05, 0) is 31.2 Å². The fourth-order valence-corrected chi connectivity index (χ4v) is 2.42. The first kappa shape index (κ1) is 14.8. The van der Waals surface area contributed by atoms with E-state index in [0.717, 1.165) is 0 Å². The summed E-state index contributed by atoms with van der Waals surface area (Å²) in [6.45, 7) is 1.54. The van der Waals surface area contributed by atoms with Crippen LogP contribution in [0.2, 0.25) is 0 Å². The summed E-state index contributed by atoms with van der Waals surface area (Å²) in [6.07, 6.45) is 1.19. The quantitative estimate of drug-likeness (QED) is 0.762. The third-order valence-electron chi connectivity index (χ3n) is 3.65. The zero-order chi connectivity index (χ0) is 16.7. The lowest BCUT2D eigenvalue weighted by atomic mass is 9.89. The minimum atomic E-state index is -0.942. The first-order valence-corrected chi connectivity index (χ1v) is 6.88. The van der Waals surface area contributed by atoms with Crippen LogP contribution >= 0.6 is 0 Å². The lowest BCUT2D eigenvalue weighted by Crippen LogP contribution is -2.32. The van der Waals surface area contributed by atoms with Crippen LogP contribution in [0.15, 0.2) is 29.8 Å². The molecule has 0 spiro atoms. The number of benzene rings is 1. The second kappa shape index (κ2) is 5.28. The number of hydroxylamine groups is 2. The van der Waals surface area contributed by atoms with Crippen molar-refractivity contribution in [1.29, 1.82) is 0 Å². The van der Waals surface area contributed by atoms with E-state index in [9.17, 15) is 24.0 Å². The number of allylic oxidation sites excluding steroid dienone is 2. The van der Waals surface area contributed by atoms with E-state index < -0.39 is 17.8 Å². The number of nitrogens with zero attached hydrogens (tertiary/aromatic N) is 1. The Morgan fingerprint density at radius 2 is 1.70 bits per heavy atom. The fraction of sp³-hybridized carbons (Fsp3) is 0.188. The predicted octanol–water partition coefficient (Wildman–Crippen LogP) is 1.23. The average molecular weight is 313 g/mol. The first-order valence-electron chi connectivity index (χ1n) is 6.88. The molecule has 0 bridgehead atoms. The summed E-state index contributed by atoms with van der Waals surface area (Å²) in [5, 5.41) is 0.429. The van der Waals surface area contributed by atoms with Crippen LogP contribution < -0.4 is 0 Å². The van der Waals surface area contributed by atoms with Crippen LogP contribution in [0.1, 0.15) is 50.8 Å². The van der Waals surface area contributed by atoms with Gasteiger partial charge in [-0.1, -0.05) is 0 Å². The Bertz CT molecular complexity index is 804. The molecule has 7 nitrogen and oxygen atoms in total. The number of rotatable bonds is 2. The molecule has 1 aliphatic heterocycles. The molecule has 3 rings (SSSR count). The molecule has 1 fully saturated rings. The van der Waals surface area contributed by atoms with Crippen molar-refractivity contribution in [3.05, 3.63) is 46.5 Å². The summed E-state index contributed by atoms with van der Waals surface area (Å²) in [7, 11) is 0. The molecule has 0 aromatic heterocycles. The fourth-order valence-electron chi connectivity index (χ4n) is 2.42. The highest BCUT2D eigenvalue weighted by Gasteiger charge is 2.33. The number of imide groups is 1. The van der Waals surface area contributed by atoms with Gasteiger partial charge in [-0.2, -0.15) is 0 Å². The summed E-state index contributed by atoms with van der Waals surface area (Å²) >= 11 is 0. The molecule has 2 amide bonds. The van der Waals surface area contributed by atoms with Gasteiger partial charge < -0.3 is 4.84 Å². The maximum Gasteiger partial charge on any atom is 0.363 e. The van der Waals surface area contributed by atoms with Crippen molar-refractivity contribution < 1.29 is 28.8 Å². The lowest BCUT2D eigenvalue weighted by Gasteiger charge is -2.15. The molecule has 0 N–H and O–H groups in total. The summed E-state index contributed by atoms with van der Waals surface area (Å²) in [4.78, 5) is 63.6. The maximum absolute atomic E-state index is 12.1. The van der Waals surface area contributed by atoms with Gasteiger partial charge in [-0.15, -0.1) is 5.06 Å². The van der Waals surface area contributed by atoms with Gasteiger partial charge in [0.1, 0.15) is 0 Å². The molecule has 1 aromatic rings. The van der Waals surface area contributed by atoms with E-state index in [0.29, 0.717) is 10.6 Å². The van der Waals surface area contributed by atoms with Gasteiger partial charge in [-0.25, -0.2) is 4.79 Å². The van der Waals surface area contributed by atoms with Crippen molar-refractivity contribution in [3.8, 4) is 0 Å². The highest BCUT2D eigenvalue weighted by atomic mass is 16.7. The number of carbonyl (C=O) groups is 5. The van der Waals surface area contributed by atoms with Gasteiger partial charge in [-0.3, -0.25) is 19.2 Å². The molecule has 23 heavy (non-hydrogen) atoms. The Morgan fingerprint density at radius 1 is 1.04 bits per heavy atom. The van der Waals surface area contributed by atoms with Crippen molar-refractivity contribution in [2.45, 2.75) is 19.8 Å². The van der Waals surface area contributed by atoms with Gasteiger partial charge in [0.2, 0.25) is 0 Å². The molecule has 7 heteroatoms. The Morgan fingerprint density at radius 3 is 2.35 bits per heavy atom. The van der Waals surface area contributed by atoms with Crippen molar-refractivity contribution in [2.75, 3.05) is 0 Å². The second-order valence-corrected chi connectivity index (χ2v) is 5.24. The zero-order valence-electron chi connectivity index (χ0n) is 12.1. The summed E-state index contributed by atoms with van der Waals surface area (Å²) in [5.41, 5.74) is 0.602. The molecule has 0 saturated carbocycles. The van der Waals surface area contributed by atoms with Crippen LogP contribution in [0, 0.1) is 0 Å². The lowest BCUT2D eigenvalue weighted by molar-refractivity contribution is -0.172. The first-order chi connectivity index (χ1) is 10.9. The van der Waals surface area contributed by atoms with Gasteiger partial charge >= 0.3 is 5.97 Å². The molecule has 1 aliphatic carbocycles. The molecule has 1 saturated heterocycles. The standard InChI is InChI=1S/C16H11NO6/c1-8-6-12(18)11-7-9(2-3-10(11)15(8)21)16(22)23-17-13(19)4-5-14(17)20/h2-3,6-7H,4-5H2,1H3. The smallest absolute Gasteiger partial charge is 0.325 e. The van der Waals surface area contributed by atoms with E-state index in [1.165, 1.54) is 31.2 Å². The van der Waals surface area contributed by atoms with Crippen LogP contribution in [0.4, 0.5) is 0 Å². The van der Waals surface area contributed by atoms with Crippen molar-refractivity contribution in [2.24, 2.45) is 0 Å². The third-order valence-corrected chi connectivity index (χ3v) is 3.65.